The van der Waals surface area contributed by atoms with Crippen molar-refractivity contribution in [2.45, 2.75) is 81.7 Å². The Morgan fingerprint density at radius 1 is 1.03 bits per heavy atom. The van der Waals surface area contributed by atoms with Crippen molar-refractivity contribution in [3.8, 4) is 5.75 Å². The Morgan fingerprint density at radius 3 is 2.30 bits per heavy atom. The Morgan fingerprint density at radius 2 is 1.70 bits per heavy atom. The van der Waals surface area contributed by atoms with Gasteiger partial charge < -0.3 is 10.1 Å². The summed E-state index contributed by atoms with van der Waals surface area (Å²) in [5.41, 5.74) is 1.78. The molecule has 1 atom stereocenters. The molecule has 1 amide bonds. The van der Waals surface area contributed by atoms with E-state index in [9.17, 15) is 13.2 Å². The first-order valence-corrected chi connectivity index (χ1v) is 13.3. The van der Waals surface area contributed by atoms with Crippen LogP contribution < -0.4 is 14.8 Å². The van der Waals surface area contributed by atoms with E-state index in [4.69, 9.17) is 4.74 Å². The van der Waals surface area contributed by atoms with E-state index in [1.165, 1.54) is 20.0 Å². The van der Waals surface area contributed by atoms with Gasteiger partial charge in [-0.3, -0.25) is 4.79 Å². The van der Waals surface area contributed by atoms with Crippen LogP contribution in [-0.2, 0) is 21.2 Å². The van der Waals surface area contributed by atoms with Crippen LogP contribution in [0.25, 0.3) is 0 Å². The first-order chi connectivity index (χ1) is 15.8. The van der Waals surface area contributed by atoms with Gasteiger partial charge in [-0.1, -0.05) is 75.9 Å². The van der Waals surface area contributed by atoms with Gasteiger partial charge >= 0.3 is 0 Å². The minimum atomic E-state index is -4.01. The summed E-state index contributed by atoms with van der Waals surface area (Å²) < 4.78 is 35.0. The lowest BCUT2D eigenvalue weighted by Gasteiger charge is -2.23. The molecule has 1 unspecified atom stereocenters. The minimum absolute atomic E-state index is 0.0523. The SMILES string of the molecule is COc1ccc(C(C)C)cc1S(=O)(=O)NC(Cc1ccccc1)C(=O)NC1CCCCCC1. The Hall–Kier alpha value is -2.38. The van der Waals surface area contributed by atoms with Gasteiger partial charge in [-0.2, -0.15) is 4.72 Å². The molecule has 1 aliphatic carbocycles. The molecule has 2 N–H and O–H groups in total. The summed E-state index contributed by atoms with van der Waals surface area (Å²) >= 11 is 0. The maximum absolute atomic E-state index is 13.5. The molecule has 0 bridgehead atoms. The fourth-order valence-electron chi connectivity index (χ4n) is 4.28. The summed E-state index contributed by atoms with van der Waals surface area (Å²) in [6.45, 7) is 4.01. The number of ether oxygens (including phenoxy) is 1. The van der Waals surface area contributed by atoms with Crippen LogP contribution >= 0.6 is 0 Å². The number of benzene rings is 2. The first-order valence-electron chi connectivity index (χ1n) is 11.8. The predicted octanol–water partition coefficient (Wildman–Crippen LogP) is 4.55. The number of hydrogen-bond acceptors (Lipinski definition) is 4. The van der Waals surface area contributed by atoms with E-state index in [0.717, 1.165) is 36.8 Å². The summed E-state index contributed by atoms with van der Waals surface area (Å²) in [6, 6.07) is 13.8. The number of methoxy groups -OCH3 is 1. The average molecular weight is 473 g/mol. The smallest absolute Gasteiger partial charge is 0.245 e. The molecule has 6 nitrogen and oxygen atoms in total. The molecule has 0 aromatic heterocycles. The number of amides is 1. The van der Waals surface area contributed by atoms with Crippen molar-refractivity contribution in [1.29, 1.82) is 0 Å². The third kappa shape index (κ3) is 7.05. The minimum Gasteiger partial charge on any atom is -0.495 e. The maximum Gasteiger partial charge on any atom is 0.245 e. The van der Waals surface area contributed by atoms with Crippen LogP contribution in [0.4, 0.5) is 0 Å². The zero-order valence-corrected chi connectivity index (χ0v) is 20.7. The molecule has 1 fully saturated rings. The summed E-state index contributed by atoms with van der Waals surface area (Å²) in [6.07, 6.45) is 6.65. The third-order valence-corrected chi connectivity index (χ3v) is 7.73. The highest BCUT2D eigenvalue weighted by molar-refractivity contribution is 7.89. The van der Waals surface area contributed by atoms with E-state index in [2.05, 4.69) is 10.0 Å². The molecule has 3 rings (SSSR count). The van der Waals surface area contributed by atoms with Crippen LogP contribution in [-0.4, -0.2) is 33.5 Å². The molecular formula is C26H36N2O4S. The van der Waals surface area contributed by atoms with E-state index in [0.29, 0.717) is 0 Å². The summed E-state index contributed by atoms with van der Waals surface area (Å²) in [5, 5.41) is 3.11. The Balaban J connectivity index is 1.88. The molecular weight excluding hydrogens is 436 g/mol. The average Bonchev–Trinajstić information content (AvgIpc) is 3.07. The second-order valence-electron chi connectivity index (χ2n) is 9.13. The fourth-order valence-corrected chi connectivity index (χ4v) is 5.68. The van der Waals surface area contributed by atoms with Crippen LogP contribution in [0.3, 0.4) is 0 Å². The summed E-state index contributed by atoms with van der Waals surface area (Å²) in [4.78, 5) is 13.3. The quantitative estimate of drug-likeness (QED) is 0.525. The third-order valence-electron chi connectivity index (χ3n) is 6.24. The maximum atomic E-state index is 13.5. The molecule has 1 aliphatic rings. The number of carbonyl (C=O) groups excluding carboxylic acids is 1. The van der Waals surface area contributed by atoms with Crippen LogP contribution in [0.5, 0.6) is 5.75 Å². The number of hydrogen-bond donors (Lipinski definition) is 2. The standard InChI is InChI=1S/C26H36N2O4S/c1-19(2)21-15-16-24(32-3)25(18-21)33(30,31)28-23(17-20-11-7-6-8-12-20)26(29)27-22-13-9-4-5-10-14-22/h6-8,11-12,15-16,18-19,22-23,28H,4-5,9-10,13-14,17H2,1-3H3,(H,27,29). The Kier molecular flexibility index (Phi) is 8.92. The van der Waals surface area contributed by atoms with Gasteiger partial charge in [0.05, 0.1) is 7.11 Å². The molecule has 2 aromatic carbocycles. The molecule has 0 spiro atoms. The zero-order chi connectivity index (χ0) is 23.8. The topological polar surface area (TPSA) is 84.5 Å². The van der Waals surface area contributed by atoms with Crippen LogP contribution in [0.1, 0.15) is 69.4 Å². The van der Waals surface area contributed by atoms with Crippen molar-refractivity contribution in [2.24, 2.45) is 0 Å². The first kappa shape index (κ1) is 25.2. The van der Waals surface area contributed by atoms with E-state index in [-0.39, 0.29) is 34.9 Å². The fraction of sp³-hybridized carbons (Fsp3) is 0.500. The van der Waals surface area contributed by atoms with E-state index < -0.39 is 16.1 Å². The van der Waals surface area contributed by atoms with Gasteiger partial charge in [-0.05, 0) is 48.4 Å². The van der Waals surface area contributed by atoms with Crippen molar-refractivity contribution in [1.82, 2.24) is 10.0 Å². The van der Waals surface area contributed by atoms with Crippen LogP contribution in [0.2, 0.25) is 0 Å². The number of carbonyl (C=O) groups is 1. The summed E-state index contributed by atoms with van der Waals surface area (Å²) in [7, 11) is -2.56. The lowest BCUT2D eigenvalue weighted by Crippen LogP contribution is -2.50. The number of nitrogens with one attached hydrogen (secondary N) is 2. The lowest BCUT2D eigenvalue weighted by atomic mass is 10.0. The largest absolute Gasteiger partial charge is 0.495 e. The zero-order valence-electron chi connectivity index (χ0n) is 19.8. The van der Waals surface area contributed by atoms with Gasteiger partial charge in [0, 0.05) is 6.04 Å². The highest BCUT2D eigenvalue weighted by atomic mass is 32.2. The Labute approximate surface area is 198 Å². The van der Waals surface area contributed by atoms with Gasteiger partial charge in [-0.15, -0.1) is 0 Å². The molecule has 1 saturated carbocycles. The molecule has 2 aromatic rings. The molecule has 0 radical (unpaired) electrons. The van der Waals surface area contributed by atoms with E-state index in [1.54, 1.807) is 12.1 Å². The van der Waals surface area contributed by atoms with E-state index in [1.807, 2.05) is 50.2 Å². The van der Waals surface area contributed by atoms with Gasteiger partial charge in [-0.25, -0.2) is 8.42 Å². The lowest BCUT2D eigenvalue weighted by molar-refractivity contribution is -0.123. The normalized spacial score (nSPS) is 16.2. The van der Waals surface area contributed by atoms with Crippen LogP contribution in [0.15, 0.2) is 53.4 Å². The molecule has 180 valence electrons. The monoisotopic (exact) mass is 472 g/mol. The van der Waals surface area contributed by atoms with Crippen molar-refractivity contribution in [3.05, 3.63) is 59.7 Å². The van der Waals surface area contributed by atoms with Crippen molar-refractivity contribution in [2.75, 3.05) is 7.11 Å². The Bertz CT molecular complexity index is 1010. The van der Waals surface area contributed by atoms with Gasteiger partial charge in [0.2, 0.25) is 15.9 Å². The number of rotatable bonds is 9. The van der Waals surface area contributed by atoms with Crippen LogP contribution in [0, 0.1) is 0 Å². The van der Waals surface area contributed by atoms with Gasteiger partial charge in [0.25, 0.3) is 0 Å². The predicted molar refractivity (Wildman–Crippen MR) is 131 cm³/mol. The molecule has 33 heavy (non-hydrogen) atoms. The van der Waals surface area contributed by atoms with Gasteiger partial charge in [0.15, 0.2) is 0 Å². The van der Waals surface area contributed by atoms with Crippen molar-refractivity contribution < 1.29 is 17.9 Å². The van der Waals surface area contributed by atoms with Gasteiger partial charge in [0.1, 0.15) is 16.7 Å². The van der Waals surface area contributed by atoms with E-state index >= 15 is 0 Å². The second-order valence-corrected chi connectivity index (χ2v) is 10.8. The van der Waals surface area contributed by atoms with Crippen molar-refractivity contribution >= 4 is 15.9 Å². The molecule has 0 aliphatic heterocycles. The highest BCUT2D eigenvalue weighted by Gasteiger charge is 2.30. The second kappa shape index (κ2) is 11.7. The number of sulfonamides is 1. The summed E-state index contributed by atoms with van der Waals surface area (Å²) in [5.74, 6) is 0.131. The van der Waals surface area contributed by atoms with Crippen molar-refractivity contribution in [3.63, 3.8) is 0 Å². The molecule has 0 saturated heterocycles. The highest BCUT2D eigenvalue weighted by Crippen LogP contribution is 2.28. The molecule has 0 heterocycles. The molecule has 7 heteroatoms.